The summed E-state index contributed by atoms with van der Waals surface area (Å²) in [5.74, 6) is 2.74. The van der Waals surface area contributed by atoms with Crippen LogP contribution in [0, 0.1) is 0 Å². The van der Waals surface area contributed by atoms with Gasteiger partial charge in [0.05, 0.1) is 0 Å². The zero-order valence-corrected chi connectivity index (χ0v) is 19.5. The Morgan fingerprint density at radius 3 is 1.66 bits per heavy atom. The van der Waals surface area contributed by atoms with E-state index in [2.05, 4.69) is 42.5 Å². The van der Waals surface area contributed by atoms with Crippen LogP contribution in [0.3, 0.4) is 0 Å². The summed E-state index contributed by atoms with van der Waals surface area (Å²) in [5, 5.41) is 3.07. The highest BCUT2D eigenvalue weighted by molar-refractivity contribution is 5.91. The molecule has 8 rings (SSSR count). The Morgan fingerprint density at radius 2 is 1.00 bits per heavy atom. The smallest absolute Gasteiger partial charge is 0.0114 e. The van der Waals surface area contributed by atoms with Gasteiger partial charge in [0.15, 0.2) is 0 Å². The first-order valence-corrected chi connectivity index (χ1v) is 13.5. The molecule has 0 nitrogen and oxygen atoms in total. The van der Waals surface area contributed by atoms with Gasteiger partial charge < -0.3 is 0 Å². The van der Waals surface area contributed by atoms with Gasteiger partial charge in [-0.25, -0.2) is 0 Å². The molecule has 0 fully saturated rings. The second-order valence-electron chi connectivity index (χ2n) is 11.2. The van der Waals surface area contributed by atoms with Crippen LogP contribution >= 0.6 is 0 Å². The summed E-state index contributed by atoms with van der Waals surface area (Å²) in [4.78, 5) is 0. The SMILES string of the molecule is c1cc2c3c4c(ccc3c1)CCCC4CC2.c1cc2c3c4c1CCCC4CCC3CCC2. The molecule has 0 saturated carbocycles. The number of hydrogen-bond donors (Lipinski definition) is 0. The zero-order valence-electron chi connectivity index (χ0n) is 19.5. The largest absolute Gasteiger partial charge is 0.0614 e. The second-order valence-corrected chi connectivity index (χ2v) is 11.2. The van der Waals surface area contributed by atoms with Gasteiger partial charge in [-0.05, 0) is 151 Å². The molecule has 3 aromatic carbocycles. The minimum atomic E-state index is 0.863. The highest BCUT2D eigenvalue weighted by Gasteiger charge is 2.34. The van der Waals surface area contributed by atoms with Crippen molar-refractivity contribution in [2.45, 2.75) is 101 Å². The normalized spacial score (nSPS) is 26.7. The van der Waals surface area contributed by atoms with E-state index in [4.69, 9.17) is 0 Å². The number of hydrogen-bond acceptors (Lipinski definition) is 0. The molecule has 3 unspecified atom stereocenters. The monoisotopic (exact) mass is 420 g/mol. The van der Waals surface area contributed by atoms with E-state index in [0.29, 0.717) is 0 Å². The van der Waals surface area contributed by atoms with Crippen molar-refractivity contribution in [1.82, 2.24) is 0 Å². The van der Waals surface area contributed by atoms with Gasteiger partial charge in [-0.1, -0.05) is 42.5 Å². The zero-order chi connectivity index (χ0) is 21.1. The predicted molar refractivity (Wildman–Crippen MR) is 135 cm³/mol. The minimum Gasteiger partial charge on any atom is -0.0614 e. The van der Waals surface area contributed by atoms with Crippen molar-refractivity contribution in [3.05, 3.63) is 81.4 Å². The van der Waals surface area contributed by atoms with Gasteiger partial charge in [-0.15, -0.1) is 0 Å². The summed E-state index contributed by atoms with van der Waals surface area (Å²) < 4.78 is 0. The lowest BCUT2D eigenvalue weighted by Crippen LogP contribution is -2.24. The van der Waals surface area contributed by atoms with E-state index in [1.165, 1.54) is 88.9 Å². The number of aryl methyl sites for hydroxylation is 4. The molecule has 5 aliphatic carbocycles. The van der Waals surface area contributed by atoms with Crippen LogP contribution < -0.4 is 0 Å². The Bertz CT molecular complexity index is 1140. The van der Waals surface area contributed by atoms with E-state index in [-0.39, 0.29) is 0 Å². The Hall–Kier alpha value is -2.08. The fourth-order valence-electron chi connectivity index (χ4n) is 8.20. The van der Waals surface area contributed by atoms with E-state index in [9.17, 15) is 0 Å². The van der Waals surface area contributed by atoms with Gasteiger partial charge in [0.1, 0.15) is 0 Å². The Kier molecular flexibility index (Phi) is 4.70. The van der Waals surface area contributed by atoms with Crippen LogP contribution in [0.15, 0.2) is 42.5 Å². The van der Waals surface area contributed by atoms with Gasteiger partial charge in [0, 0.05) is 0 Å². The molecule has 0 aromatic heterocycles. The Balaban J connectivity index is 0.000000113. The van der Waals surface area contributed by atoms with E-state index in [1.54, 1.807) is 33.2 Å². The molecule has 0 spiro atoms. The minimum absolute atomic E-state index is 0.863. The first kappa shape index (κ1) is 19.4. The maximum absolute atomic E-state index is 2.45. The molecule has 5 aliphatic rings. The first-order chi connectivity index (χ1) is 15.9. The van der Waals surface area contributed by atoms with Crippen LogP contribution in [0.25, 0.3) is 10.8 Å². The lowest BCUT2D eigenvalue weighted by Gasteiger charge is -2.40. The average molecular weight is 421 g/mol. The van der Waals surface area contributed by atoms with Crippen LogP contribution in [0.1, 0.15) is 114 Å². The molecule has 0 radical (unpaired) electrons. The Labute approximate surface area is 193 Å². The molecule has 32 heavy (non-hydrogen) atoms. The van der Waals surface area contributed by atoms with Gasteiger partial charge in [-0.3, -0.25) is 0 Å². The fraction of sp³-hybridized carbons (Fsp3) is 0.500. The van der Waals surface area contributed by atoms with Crippen molar-refractivity contribution in [2.24, 2.45) is 0 Å². The molecular weight excluding hydrogens is 384 g/mol. The lowest BCUT2D eigenvalue weighted by molar-refractivity contribution is 0.401. The van der Waals surface area contributed by atoms with Crippen molar-refractivity contribution in [3.63, 3.8) is 0 Å². The van der Waals surface area contributed by atoms with Gasteiger partial charge >= 0.3 is 0 Å². The van der Waals surface area contributed by atoms with Crippen molar-refractivity contribution in [2.75, 3.05) is 0 Å². The van der Waals surface area contributed by atoms with E-state index < -0.39 is 0 Å². The quantitative estimate of drug-likeness (QED) is 0.342. The molecule has 0 heteroatoms. The van der Waals surface area contributed by atoms with Crippen LogP contribution in [0.2, 0.25) is 0 Å². The third-order valence-corrected chi connectivity index (χ3v) is 9.58. The van der Waals surface area contributed by atoms with E-state index in [0.717, 1.165) is 17.8 Å². The van der Waals surface area contributed by atoms with Crippen molar-refractivity contribution in [3.8, 4) is 0 Å². The standard InChI is InChI=1S/C16H20.C16H16/c2*1-3-11-7-9-13-5-2-6-14-10-8-12(4-1)15(11)16(13)14/h7,9,12,14H,1-6,8,10H2;1,3-4,7,9,14H,2,5-6,8,10H2. The van der Waals surface area contributed by atoms with Crippen molar-refractivity contribution in [1.29, 1.82) is 0 Å². The molecule has 0 saturated heterocycles. The van der Waals surface area contributed by atoms with Gasteiger partial charge in [0.25, 0.3) is 0 Å². The van der Waals surface area contributed by atoms with Crippen LogP contribution in [0.5, 0.6) is 0 Å². The van der Waals surface area contributed by atoms with E-state index in [1.807, 2.05) is 11.1 Å². The van der Waals surface area contributed by atoms with Crippen LogP contribution in [-0.4, -0.2) is 0 Å². The Morgan fingerprint density at radius 1 is 0.438 bits per heavy atom. The molecule has 0 bridgehead atoms. The van der Waals surface area contributed by atoms with Crippen LogP contribution in [0.4, 0.5) is 0 Å². The maximum Gasteiger partial charge on any atom is -0.0114 e. The molecule has 0 amide bonds. The number of rotatable bonds is 0. The first-order valence-electron chi connectivity index (χ1n) is 13.5. The maximum atomic E-state index is 2.45. The molecule has 3 aromatic rings. The number of benzene rings is 3. The summed E-state index contributed by atoms with van der Waals surface area (Å²) in [5.41, 5.74) is 12.0. The van der Waals surface area contributed by atoms with Crippen molar-refractivity contribution >= 4 is 10.8 Å². The van der Waals surface area contributed by atoms with E-state index >= 15 is 0 Å². The highest BCUT2D eigenvalue weighted by atomic mass is 14.4. The highest BCUT2D eigenvalue weighted by Crippen LogP contribution is 2.50. The summed E-state index contributed by atoms with van der Waals surface area (Å²) in [6.45, 7) is 0. The molecule has 0 N–H and O–H groups in total. The summed E-state index contributed by atoms with van der Waals surface area (Å²) in [6, 6.07) is 16.4. The molecule has 0 heterocycles. The van der Waals surface area contributed by atoms with Gasteiger partial charge in [0.2, 0.25) is 0 Å². The van der Waals surface area contributed by atoms with Crippen LogP contribution in [-0.2, 0) is 25.7 Å². The summed E-state index contributed by atoms with van der Waals surface area (Å²) in [7, 11) is 0. The second kappa shape index (κ2) is 7.75. The fourth-order valence-corrected chi connectivity index (χ4v) is 8.20. The topological polar surface area (TPSA) is 0 Å². The lowest BCUT2D eigenvalue weighted by atomic mass is 9.65. The summed E-state index contributed by atoms with van der Waals surface area (Å²) >= 11 is 0. The molecule has 0 aliphatic heterocycles. The molecule has 3 atom stereocenters. The summed E-state index contributed by atoms with van der Waals surface area (Å²) in [6.07, 6.45) is 18.2. The predicted octanol–water partition coefficient (Wildman–Crippen LogP) is 8.53. The third kappa shape index (κ3) is 3.01. The molecule has 164 valence electrons. The third-order valence-electron chi connectivity index (χ3n) is 9.58. The average Bonchev–Trinajstić information content (AvgIpc) is 2.87. The molecular formula is C32H36. The van der Waals surface area contributed by atoms with Crippen molar-refractivity contribution < 1.29 is 0 Å². The van der Waals surface area contributed by atoms with Gasteiger partial charge in [-0.2, -0.15) is 0 Å².